The Kier molecular flexibility index (Phi) is 2.44. The van der Waals surface area contributed by atoms with Gasteiger partial charge in [-0.25, -0.2) is 0 Å². The average molecular weight is 147 g/mol. The molecule has 0 atom stereocenters. The molecule has 0 aromatic rings. The Labute approximate surface area is 65.6 Å². The van der Waals surface area contributed by atoms with E-state index in [9.17, 15) is 4.79 Å². The van der Waals surface area contributed by atoms with Gasteiger partial charge in [0.05, 0.1) is 0 Å². The van der Waals surface area contributed by atoms with Crippen molar-refractivity contribution < 1.29 is 4.79 Å². The lowest BCUT2D eigenvalue weighted by molar-refractivity contribution is -0.111. The van der Waals surface area contributed by atoms with Crippen molar-refractivity contribution in [3.05, 3.63) is 48.9 Å². The maximum Gasteiger partial charge on any atom is 0.186 e. The molecule has 1 aliphatic rings. The topological polar surface area (TPSA) is 29.1 Å². The number of hydrogen-bond donors (Lipinski definition) is 1. The Morgan fingerprint density at radius 3 is 3.09 bits per heavy atom. The fourth-order valence-corrected chi connectivity index (χ4v) is 0.727. The first-order valence-corrected chi connectivity index (χ1v) is 3.31. The zero-order chi connectivity index (χ0) is 8.10. The van der Waals surface area contributed by atoms with Gasteiger partial charge in [0.25, 0.3) is 0 Å². The minimum atomic E-state index is -0.0718. The van der Waals surface area contributed by atoms with Gasteiger partial charge in [0.1, 0.15) is 0 Å². The van der Waals surface area contributed by atoms with Crippen molar-refractivity contribution in [2.45, 2.75) is 0 Å². The molecule has 1 aliphatic heterocycles. The van der Waals surface area contributed by atoms with Gasteiger partial charge in [-0.05, 0) is 18.2 Å². The summed E-state index contributed by atoms with van der Waals surface area (Å²) in [5.41, 5.74) is 0.616. The lowest BCUT2D eigenvalue weighted by Crippen LogP contribution is -2.00. The van der Waals surface area contributed by atoms with E-state index in [0.29, 0.717) is 5.57 Å². The van der Waals surface area contributed by atoms with E-state index in [1.54, 1.807) is 24.6 Å². The van der Waals surface area contributed by atoms with Gasteiger partial charge in [-0.2, -0.15) is 0 Å². The van der Waals surface area contributed by atoms with Crippen LogP contribution in [0.15, 0.2) is 48.9 Å². The van der Waals surface area contributed by atoms with Crippen molar-refractivity contribution in [1.82, 2.24) is 5.32 Å². The second-order valence-electron chi connectivity index (χ2n) is 2.05. The number of allylic oxidation sites excluding steroid dienone is 5. The number of hydrogen-bond acceptors (Lipinski definition) is 2. The monoisotopic (exact) mass is 147 g/mol. The summed E-state index contributed by atoms with van der Waals surface area (Å²) in [5.74, 6) is -0.0718. The lowest BCUT2D eigenvalue weighted by atomic mass is 10.2. The van der Waals surface area contributed by atoms with Gasteiger partial charge in [-0.3, -0.25) is 4.79 Å². The summed E-state index contributed by atoms with van der Waals surface area (Å²) in [6.07, 6.45) is 10.0. The Bertz CT molecular complexity index is 259. The van der Waals surface area contributed by atoms with Crippen molar-refractivity contribution in [1.29, 1.82) is 0 Å². The SMILES string of the molecule is C=CC(=O)C1=CNC=CC=C1. The number of rotatable bonds is 2. The zero-order valence-electron chi connectivity index (χ0n) is 6.08. The van der Waals surface area contributed by atoms with Crippen LogP contribution in [0.3, 0.4) is 0 Å². The highest BCUT2D eigenvalue weighted by Crippen LogP contribution is 2.00. The number of ketones is 1. The van der Waals surface area contributed by atoms with Gasteiger partial charge in [0.2, 0.25) is 0 Å². The first-order valence-electron chi connectivity index (χ1n) is 3.31. The standard InChI is InChI=1S/C9H9NO/c1-2-9(11)8-5-3-4-6-10-7-8/h2-7,10H,1H2. The molecule has 2 heteroatoms. The third kappa shape index (κ3) is 1.93. The predicted molar refractivity (Wildman–Crippen MR) is 44.7 cm³/mol. The second kappa shape index (κ2) is 3.56. The third-order valence-corrected chi connectivity index (χ3v) is 1.29. The van der Waals surface area contributed by atoms with Gasteiger partial charge in [-0.1, -0.05) is 12.7 Å². The molecule has 0 aromatic carbocycles. The summed E-state index contributed by atoms with van der Waals surface area (Å²) in [6.45, 7) is 3.39. The quantitative estimate of drug-likeness (QED) is 0.596. The minimum Gasteiger partial charge on any atom is -0.367 e. The van der Waals surface area contributed by atoms with Crippen molar-refractivity contribution in [2.75, 3.05) is 0 Å². The van der Waals surface area contributed by atoms with Crippen LogP contribution < -0.4 is 5.32 Å². The molecule has 0 amide bonds. The molecule has 11 heavy (non-hydrogen) atoms. The Morgan fingerprint density at radius 1 is 1.55 bits per heavy atom. The van der Waals surface area contributed by atoms with E-state index in [4.69, 9.17) is 0 Å². The summed E-state index contributed by atoms with van der Waals surface area (Å²) in [4.78, 5) is 11.0. The van der Waals surface area contributed by atoms with E-state index in [1.807, 2.05) is 6.08 Å². The summed E-state index contributed by atoms with van der Waals surface area (Å²) in [5, 5.41) is 2.84. The van der Waals surface area contributed by atoms with Crippen LogP contribution in [0.5, 0.6) is 0 Å². The van der Waals surface area contributed by atoms with E-state index < -0.39 is 0 Å². The summed E-state index contributed by atoms with van der Waals surface area (Å²) in [6, 6.07) is 0. The molecular formula is C9H9NO. The molecule has 0 spiro atoms. The van der Waals surface area contributed by atoms with E-state index in [2.05, 4.69) is 11.9 Å². The van der Waals surface area contributed by atoms with Gasteiger partial charge >= 0.3 is 0 Å². The van der Waals surface area contributed by atoms with Gasteiger partial charge < -0.3 is 5.32 Å². The molecular weight excluding hydrogens is 138 g/mol. The Balaban J connectivity index is 2.80. The van der Waals surface area contributed by atoms with Crippen LogP contribution in [0.4, 0.5) is 0 Å². The van der Waals surface area contributed by atoms with E-state index in [0.717, 1.165) is 0 Å². The maximum atomic E-state index is 11.0. The van der Waals surface area contributed by atoms with Crippen LogP contribution in [-0.4, -0.2) is 5.78 Å². The summed E-state index contributed by atoms with van der Waals surface area (Å²) < 4.78 is 0. The number of nitrogens with one attached hydrogen (secondary N) is 1. The minimum absolute atomic E-state index is 0.0718. The van der Waals surface area contributed by atoms with Gasteiger partial charge in [-0.15, -0.1) is 0 Å². The molecule has 1 heterocycles. The summed E-state index contributed by atoms with van der Waals surface area (Å²) in [7, 11) is 0. The largest absolute Gasteiger partial charge is 0.367 e. The molecule has 56 valence electrons. The summed E-state index contributed by atoms with van der Waals surface area (Å²) >= 11 is 0. The van der Waals surface area contributed by atoms with Crippen LogP contribution in [-0.2, 0) is 4.79 Å². The molecule has 1 rings (SSSR count). The second-order valence-corrected chi connectivity index (χ2v) is 2.05. The average Bonchev–Trinajstić information content (AvgIpc) is 2.30. The highest BCUT2D eigenvalue weighted by molar-refractivity contribution is 6.05. The number of carbonyl (C=O) groups is 1. The zero-order valence-corrected chi connectivity index (χ0v) is 6.08. The van der Waals surface area contributed by atoms with Crippen LogP contribution in [0.2, 0.25) is 0 Å². The predicted octanol–water partition coefficient (Wildman–Crippen LogP) is 1.30. The first kappa shape index (κ1) is 7.54. The molecule has 0 saturated carbocycles. The van der Waals surface area contributed by atoms with Crippen LogP contribution >= 0.6 is 0 Å². The van der Waals surface area contributed by atoms with Gasteiger partial charge in [0.15, 0.2) is 5.78 Å². The van der Waals surface area contributed by atoms with E-state index in [1.165, 1.54) is 6.08 Å². The molecule has 0 bridgehead atoms. The lowest BCUT2D eigenvalue weighted by Gasteiger charge is -1.93. The number of carbonyl (C=O) groups excluding carboxylic acids is 1. The molecule has 0 unspecified atom stereocenters. The third-order valence-electron chi connectivity index (χ3n) is 1.29. The normalized spacial score (nSPS) is 14.7. The van der Waals surface area contributed by atoms with Crippen molar-refractivity contribution in [3.63, 3.8) is 0 Å². The van der Waals surface area contributed by atoms with Crippen molar-refractivity contribution >= 4 is 5.78 Å². The smallest absolute Gasteiger partial charge is 0.186 e. The fraction of sp³-hybridized carbons (Fsp3) is 0. The fourth-order valence-electron chi connectivity index (χ4n) is 0.727. The van der Waals surface area contributed by atoms with Crippen LogP contribution in [0, 0.1) is 0 Å². The highest BCUT2D eigenvalue weighted by atomic mass is 16.1. The molecule has 0 saturated heterocycles. The molecule has 0 aromatic heterocycles. The highest BCUT2D eigenvalue weighted by Gasteiger charge is 2.00. The van der Waals surface area contributed by atoms with E-state index >= 15 is 0 Å². The molecule has 0 radical (unpaired) electrons. The van der Waals surface area contributed by atoms with Crippen LogP contribution in [0.1, 0.15) is 0 Å². The molecule has 2 nitrogen and oxygen atoms in total. The Hall–Kier alpha value is -1.57. The molecule has 1 N–H and O–H groups in total. The Morgan fingerprint density at radius 2 is 2.36 bits per heavy atom. The first-order chi connectivity index (χ1) is 5.34. The van der Waals surface area contributed by atoms with Crippen molar-refractivity contribution in [3.8, 4) is 0 Å². The van der Waals surface area contributed by atoms with Gasteiger partial charge in [0, 0.05) is 18.0 Å². The molecule has 0 fully saturated rings. The van der Waals surface area contributed by atoms with Crippen molar-refractivity contribution in [2.24, 2.45) is 0 Å². The van der Waals surface area contributed by atoms with E-state index in [-0.39, 0.29) is 5.78 Å². The van der Waals surface area contributed by atoms with Crippen LogP contribution in [0.25, 0.3) is 0 Å². The molecule has 0 aliphatic carbocycles. The maximum absolute atomic E-state index is 11.0.